The zero-order valence-electron chi connectivity index (χ0n) is 21.9. The maximum absolute atomic E-state index is 12.1. The summed E-state index contributed by atoms with van der Waals surface area (Å²) in [5, 5.41) is 19.9. The summed E-state index contributed by atoms with van der Waals surface area (Å²) in [5.74, 6) is 2.92. The van der Waals surface area contributed by atoms with Crippen molar-refractivity contribution < 1.29 is 18.0 Å². The first kappa shape index (κ1) is 28.3. The topological polar surface area (TPSA) is 120 Å². The summed E-state index contributed by atoms with van der Waals surface area (Å²) in [5.41, 5.74) is 0.586. The predicted octanol–water partition coefficient (Wildman–Crippen LogP) is 5.82. The molecule has 1 aromatic carbocycles. The van der Waals surface area contributed by atoms with Crippen LogP contribution in [-0.2, 0) is 11.0 Å². The number of amides is 1. The number of rotatable bonds is 8. The Hall–Kier alpha value is -3.67. The summed E-state index contributed by atoms with van der Waals surface area (Å²) < 4.78 is 36.3. The first-order valence-electron chi connectivity index (χ1n) is 13.3. The molecule has 0 spiro atoms. The minimum Gasteiger partial charge on any atom is -0.351 e. The minimum absolute atomic E-state index is 0.129. The molecule has 5 rings (SSSR count). The third-order valence-electron chi connectivity index (χ3n) is 7.19. The standard InChI is InChI=1S/C19H29N7.C8H6F3NO/c1-20-14-6-8-15(9-7-14)22-19-21-11-10-17(24-19)23-18-12-16(25-26-18)13-4-2-3-5-13;9-8(10,11)6-2-1-3-7(4-6)12-5-13/h10-15,20H,2-9H2,1H3,(H3,21,22,23,24,25,26);1-5H,(H,12,13). The van der Waals surface area contributed by atoms with Crippen molar-refractivity contribution in [1.29, 1.82) is 0 Å². The van der Waals surface area contributed by atoms with Crippen molar-refractivity contribution in [2.75, 3.05) is 23.0 Å². The fourth-order valence-corrected chi connectivity index (χ4v) is 5.04. The van der Waals surface area contributed by atoms with Gasteiger partial charge >= 0.3 is 6.18 Å². The lowest BCUT2D eigenvalue weighted by molar-refractivity contribution is -0.137. The molecule has 0 atom stereocenters. The molecule has 0 unspecified atom stereocenters. The van der Waals surface area contributed by atoms with Crippen LogP contribution in [0.5, 0.6) is 0 Å². The zero-order valence-corrected chi connectivity index (χ0v) is 21.9. The van der Waals surface area contributed by atoms with Crippen LogP contribution in [-0.4, -0.2) is 45.7 Å². The van der Waals surface area contributed by atoms with Gasteiger partial charge in [0.05, 0.1) is 5.56 Å². The van der Waals surface area contributed by atoms with Gasteiger partial charge in [-0.25, -0.2) is 4.98 Å². The number of aromatic nitrogens is 4. The Balaban J connectivity index is 0.000000229. The van der Waals surface area contributed by atoms with Crippen LogP contribution in [0.1, 0.15) is 68.5 Å². The Kier molecular flexibility index (Phi) is 9.74. The number of carbonyl (C=O) groups is 1. The van der Waals surface area contributed by atoms with E-state index in [0.29, 0.717) is 30.4 Å². The molecule has 39 heavy (non-hydrogen) atoms. The van der Waals surface area contributed by atoms with E-state index in [1.54, 1.807) is 6.20 Å². The number of hydrogen-bond acceptors (Lipinski definition) is 7. The largest absolute Gasteiger partial charge is 0.416 e. The van der Waals surface area contributed by atoms with Gasteiger partial charge in [-0.2, -0.15) is 23.3 Å². The van der Waals surface area contributed by atoms with Gasteiger partial charge in [0, 0.05) is 41.6 Å². The van der Waals surface area contributed by atoms with E-state index in [0.717, 1.165) is 36.6 Å². The maximum Gasteiger partial charge on any atom is 0.416 e. The fourth-order valence-electron chi connectivity index (χ4n) is 5.04. The number of alkyl halides is 3. The molecule has 2 aliphatic rings. The second kappa shape index (κ2) is 13.4. The second-order valence-corrected chi connectivity index (χ2v) is 9.90. The second-order valence-electron chi connectivity index (χ2n) is 9.90. The summed E-state index contributed by atoms with van der Waals surface area (Å²) in [7, 11) is 2.05. The van der Waals surface area contributed by atoms with Crippen LogP contribution in [0.2, 0.25) is 0 Å². The quantitative estimate of drug-likeness (QED) is 0.227. The molecule has 5 N–H and O–H groups in total. The zero-order chi connectivity index (χ0) is 27.7. The smallest absolute Gasteiger partial charge is 0.351 e. The van der Waals surface area contributed by atoms with E-state index >= 15 is 0 Å². The summed E-state index contributed by atoms with van der Waals surface area (Å²) >= 11 is 0. The number of carbonyl (C=O) groups excluding carboxylic acids is 1. The molecule has 2 saturated carbocycles. The Morgan fingerprint density at radius 2 is 1.72 bits per heavy atom. The van der Waals surface area contributed by atoms with E-state index < -0.39 is 11.7 Å². The van der Waals surface area contributed by atoms with E-state index in [1.807, 2.05) is 13.1 Å². The minimum atomic E-state index is -4.37. The monoisotopic (exact) mass is 544 g/mol. The first-order chi connectivity index (χ1) is 18.8. The molecule has 2 heterocycles. The van der Waals surface area contributed by atoms with Gasteiger partial charge in [-0.05, 0) is 69.8 Å². The first-order valence-corrected chi connectivity index (χ1v) is 13.3. The lowest BCUT2D eigenvalue weighted by atomic mass is 9.91. The van der Waals surface area contributed by atoms with Crippen molar-refractivity contribution >= 4 is 29.7 Å². The van der Waals surface area contributed by atoms with Crippen molar-refractivity contribution in [3.05, 3.63) is 53.9 Å². The molecule has 2 fully saturated rings. The Labute approximate surface area is 225 Å². The third kappa shape index (κ3) is 8.41. The Morgan fingerprint density at radius 3 is 2.41 bits per heavy atom. The Bertz CT molecular complexity index is 1190. The van der Waals surface area contributed by atoms with Crippen molar-refractivity contribution in [3.63, 3.8) is 0 Å². The van der Waals surface area contributed by atoms with Gasteiger partial charge in [-0.1, -0.05) is 18.9 Å². The van der Waals surface area contributed by atoms with E-state index in [2.05, 4.69) is 47.5 Å². The van der Waals surface area contributed by atoms with Crippen LogP contribution in [0, 0.1) is 0 Å². The molecular weight excluding hydrogens is 509 g/mol. The van der Waals surface area contributed by atoms with Crippen LogP contribution in [0.4, 0.5) is 36.4 Å². The number of halogens is 3. The average molecular weight is 545 g/mol. The normalized spacial score (nSPS) is 19.6. The number of anilines is 4. The summed E-state index contributed by atoms with van der Waals surface area (Å²) in [6.45, 7) is 0. The highest BCUT2D eigenvalue weighted by Crippen LogP contribution is 2.34. The molecule has 3 aromatic rings. The summed E-state index contributed by atoms with van der Waals surface area (Å²) in [4.78, 5) is 18.9. The van der Waals surface area contributed by atoms with E-state index in [1.165, 1.54) is 56.4 Å². The molecule has 12 heteroatoms. The van der Waals surface area contributed by atoms with Gasteiger partial charge in [0.15, 0.2) is 5.82 Å². The number of benzene rings is 1. The summed E-state index contributed by atoms with van der Waals surface area (Å²) in [6.07, 6.45) is 7.61. The van der Waals surface area contributed by atoms with E-state index in [-0.39, 0.29) is 5.69 Å². The summed E-state index contributed by atoms with van der Waals surface area (Å²) in [6, 6.07) is 9.52. The van der Waals surface area contributed by atoms with Crippen molar-refractivity contribution in [1.82, 2.24) is 25.5 Å². The highest BCUT2D eigenvalue weighted by Gasteiger charge is 2.30. The van der Waals surface area contributed by atoms with Gasteiger partial charge in [0.2, 0.25) is 12.4 Å². The Morgan fingerprint density at radius 1 is 0.974 bits per heavy atom. The van der Waals surface area contributed by atoms with Crippen molar-refractivity contribution in [3.8, 4) is 0 Å². The lowest BCUT2D eigenvalue weighted by Gasteiger charge is -2.28. The van der Waals surface area contributed by atoms with Crippen LogP contribution >= 0.6 is 0 Å². The third-order valence-corrected chi connectivity index (χ3v) is 7.19. The van der Waals surface area contributed by atoms with Gasteiger partial charge in [0.25, 0.3) is 0 Å². The molecule has 9 nitrogen and oxygen atoms in total. The molecule has 2 aliphatic carbocycles. The van der Waals surface area contributed by atoms with Crippen LogP contribution in [0.3, 0.4) is 0 Å². The fraction of sp³-hybridized carbons (Fsp3) is 0.481. The van der Waals surface area contributed by atoms with Crippen LogP contribution in [0.15, 0.2) is 42.6 Å². The van der Waals surface area contributed by atoms with Gasteiger partial charge < -0.3 is 21.3 Å². The van der Waals surface area contributed by atoms with Crippen molar-refractivity contribution in [2.24, 2.45) is 0 Å². The number of hydrogen-bond donors (Lipinski definition) is 5. The van der Waals surface area contributed by atoms with Crippen LogP contribution in [0.25, 0.3) is 0 Å². The van der Waals surface area contributed by atoms with Crippen LogP contribution < -0.4 is 21.3 Å². The lowest BCUT2D eigenvalue weighted by Crippen LogP contribution is -2.35. The number of nitrogens with zero attached hydrogens (tertiary/aromatic N) is 3. The number of aromatic amines is 1. The highest BCUT2D eigenvalue weighted by molar-refractivity contribution is 5.71. The molecule has 0 bridgehead atoms. The van der Waals surface area contributed by atoms with Gasteiger partial charge in [-0.15, -0.1) is 0 Å². The average Bonchev–Trinajstić information content (AvgIpc) is 3.62. The number of nitrogens with one attached hydrogen (secondary N) is 5. The molecular formula is C27H35F3N8O. The van der Waals surface area contributed by atoms with Gasteiger partial charge in [0.1, 0.15) is 5.82 Å². The SMILES string of the molecule is CNC1CCC(Nc2nccc(Nc3cc(C4CCCC4)[nH]n3)n2)CC1.O=CNc1cccc(C(F)(F)F)c1. The van der Waals surface area contributed by atoms with Crippen molar-refractivity contribution in [2.45, 2.75) is 75.5 Å². The van der Waals surface area contributed by atoms with E-state index in [9.17, 15) is 18.0 Å². The molecule has 0 aliphatic heterocycles. The predicted molar refractivity (Wildman–Crippen MR) is 145 cm³/mol. The molecule has 0 radical (unpaired) electrons. The van der Waals surface area contributed by atoms with Gasteiger partial charge in [-0.3, -0.25) is 9.89 Å². The molecule has 0 saturated heterocycles. The maximum atomic E-state index is 12.1. The van der Waals surface area contributed by atoms with E-state index in [4.69, 9.17) is 0 Å². The highest BCUT2D eigenvalue weighted by atomic mass is 19.4. The molecule has 210 valence electrons. The number of H-pyrrole nitrogens is 1. The molecule has 1 amide bonds. The molecule has 2 aromatic heterocycles.